The monoisotopic (exact) mass is 251 g/mol. The molecule has 18 heavy (non-hydrogen) atoms. The average Bonchev–Trinajstić information content (AvgIpc) is 2.40. The van der Waals surface area contributed by atoms with E-state index in [1.165, 1.54) is 12.3 Å². The van der Waals surface area contributed by atoms with E-state index in [1.807, 2.05) is 0 Å². The maximum absolute atomic E-state index is 10.4. The lowest BCUT2D eigenvalue weighted by molar-refractivity contribution is -0.389. The van der Waals surface area contributed by atoms with Crippen LogP contribution in [0.5, 0.6) is 0 Å². The van der Waals surface area contributed by atoms with Crippen LogP contribution in [0.15, 0.2) is 18.3 Å². The highest BCUT2D eigenvalue weighted by molar-refractivity contribution is 5.43. The van der Waals surface area contributed by atoms with E-state index >= 15 is 0 Å². The van der Waals surface area contributed by atoms with Gasteiger partial charge in [0, 0.05) is 45.3 Å². The standard InChI is InChI=1S/C11H17N5O2/c17-16(18)11-2-1-10(9-14-11)13-5-8-15-6-3-12-4-7-15/h1-2,9,12-13H,3-8H2. The van der Waals surface area contributed by atoms with Crippen LogP contribution in [0.1, 0.15) is 0 Å². The highest BCUT2D eigenvalue weighted by Crippen LogP contribution is 2.10. The molecule has 1 aliphatic heterocycles. The van der Waals surface area contributed by atoms with E-state index in [0.29, 0.717) is 0 Å². The molecular formula is C11H17N5O2. The summed E-state index contributed by atoms with van der Waals surface area (Å²) in [7, 11) is 0. The Morgan fingerprint density at radius 3 is 2.83 bits per heavy atom. The lowest BCUT2D eigenvalue weighted by Crippen LogP contribution is -2.45. The fourth-order valence-corrected chi connectivity index (χ4v) is 1.89. The van der Waals surface area contributed by atoms with Crippen LogP contribution in [0.3, 0.4) is 0 Å². The summed E-state index contributed by atoms with van der Waals surface area (Å²) in [5, 5.41) is 17.0. The lowest BCUT2D eigenvalue weighted by atomic mass is 10.3. The van der Waals surface area contributed by atoms with Gasteiger partial charge in [0.15, 0.2) is 6.20 Å². The number of nitrogens with one attached hydrogen (secondary N) is 2. The molecular weight excluding hydrogens is 234 g/mol. The van der Waals surface area contributed by atoms with E-state index in [9.17, 15) is 10.1 Å². The minimum Gasteiger partial charge on any atom is -0.381 e. The third kappa shape index (κ3) is 3.64. The maximum Gasteiger partial charge on any atom is 0.363 e. The highest BCUT2D eigenvalue weighted by atomic mass is 16.6. The second-order valence-electron chi connectivity index (χ2n) is 4.18. The van der Waals surface area contributed by atoms with Gasteiger partial charge in [0.05, 0.1) is 5.69 Å². The molecule has 2 rings (SSSR count). The summed E-state index contributed by atoms with van der Waals surface area (Å²) < 4.78 is 0. The number of nitrogens with zero attached hydrogens (tertiary/aromatic N) is 3. The van der Waals surface area contributed by atoms with Gasteiger partial charge in [-0.1, -0.05) is 0 Å². The topological polar surface area (TPSA) is 83.3 Å². The van der Waals surface area contributed by atoms with Crippen LogP contribution >= 0.6 is 0 Å². The SMILES string of the molecule is O=[N+]([O-])c1ccc(NCCN2CCNCC2)cn1. The van der Waals surface area contributed by atoms with Crippen molar-refractivity contribution in [2.75, 3.05) is 44.6 Å². The van der Waals surface area contributed by atoms with E-state index in [2.05, 4.69) is 20.5 Å². The zero-order chi connectivity index (χ0) is 12.8. The van der Waals surface area contributed by atoms with Gasteiger partial charge in [0.25, 0.3) is 0 Å². The Morgan fingerprint density at radius 1 is 1.44 bits per heavy atom. The van der Waals surface area contributed by atoms with Crippen LogP contribution in [0.25, 0.3) is 0 Å². The van der Waals surface area contributed by atoms with Crippen LogP contribution in [0.4, 0.5) is 11.5 Å². The van der Waals surface area contributed by atoms with Crippen LogP contribution in [-0.2, 0) is 0 Å². The number of nitro groups is 1. The minimum atomic E-state index is -0.496. The van der Waals surface area contributed by atoms with Gasteiger partial charge in [-0.2, -0.15) is 0 Å². The second-order valence-corrected chi connectivity index (χ2v) is 4.18. The van der Waals surface area contributed by atoms with Crippen LogP contribution in [0.2, 0.25) is 0 Å². The number of aromatic nitrogens is 1. The molecule has 0 atom stereocenters. The van der Waals surface area contributed by atoms with Crippen molar-refractivity contribution in [1.29, 1.82) is 0 Å². The predicted molar refractivity (Wildman–Crippen MR) is 68.7 cm³/mol. The first-order valence-electron chi connectivity index (χ1n) is 6.03. The van der Waals surface area contributed by atoms with E-state index in [-0.39, 0.29) is 5.82 Å². The van der Waals surface area contributed by atoms with Crippen molar-refractivity contribution in [3.05, 3.63) is 28.4 Å². The van der Waals surface area contributed by atoms with Gasteiger partial charge in [0.2, 0.25) is 0 Å². The fraction of sp³-hybridized carbons (Fsp3) is 0.545. The number of hydrogen-bond acceptors (Lipinski definition) is 6. The first-order valence-corrected chi connectivity index (χ1v) is 6.03. The molecule has 1 fully saturated rings. The summed E-state index contributed by atoms with van der Waals surface area (Å²) in [5.74, 6) is -0.123. The van der Waals surface area contributed by atoms with Crippen molar-refractivity contribution >= 4 is 11.5 Å². The van der Waals surface area contributed by atoms with E-state index < -0.39 is 4.92 Å². The summed E-state index contributed by atoms with van der Waals surface area (Å²) in [6.07, 6.45) is 1.50. The van der Waals surface area contributed by atoms with Gasteiger partial charge in [-0.25, -0.2) is 0 Å². The first-order chi connectivity index (χ1) is 8.75. The molecule has 0 radical (unpaired) electrons. The molecule has 2 N–H and O–H groups in total. The first kappa shape index (κ1) is 12.7. The fourth-order valence-electron chi connectivity index (χ4n) is 1.89. The van der Waals surface area contributed by atoms with Crippen molar-refractivity contribution in [3.8, 4) is 0 Å². The van der Waals surface area contributed by atoms with Crippen LogP contribution < -0.4 is 10.6 Å². The van der Waals surface area contributed by atoms with E-state index in [4.69, 9.17) is 0 Å². The quantitative estimate of drug-likeness (QED) is 0.579. The molecule has 7 heteroatoms. The number of anilines is 1. The molecule has 0 bridgehead atoms. The summed E-state index contributed by atoms with van der Waals surface area (Å²) >= 11 is 0. The number of hydrogen-bond donors (Lipinski definition) is 2. The van der Waals surface area contributed by atoms with Crippen LogP contribution in [-0.4, -0.2) is 54.1 Å². The van der Waals surface area contributed by atoms with Crippen molar-refractivity contribution < 1.29 is 4.92 Å². The second kappa shape index (κ2) is 6.27. The summed E-state index contributed by atoms with van der Waals surface area (Å²) in [6.45, 7) is 6.01. The molecule has 1 aromatic rings. The van der Waals surface area contributed by atoms with Crippen LogP contribution in [0, 0.1) is 10.1 Å². The summed E-state index contributed by atoms with van der Waals surface area (Å²) in [6, 6.07) is 3.09. The molecule has 1 aromatic heterocycles. The Kier molecular flexibility index (Phi) is 4.43. The molecule has 0 saturated carbocycles. The van der Waals surface area contributed by atoms with Crippen molar-refractivity contribution in [2.24, 2.45) is 0 Å². The summed E-state index contributed by atoms with van der Waals surface area (Å²) in [4.78, 5) is 16.1. The maximum atomic E-state index is 10.4. The molecule has 0 aromatic carbocycles. The highest BCUT2D eigenvalue weighted by Gasteiger charge is 2.09. The lowest BCUT2D eigenvalue weighted by Gasteiger charge is -2.27. The molecule has 0 aliphatic carbocycles. The molecule has 7 nitrogen and oxygen atoms in total. The van der Waals surface area contributed by atoms with Gasteiger partial charge in [-0.05, 0) is 16.0 Å². The Bertz CT molecular complexity index is 389. The average molecular weight is 251 g/mol. The molecule has 2 heterocycles. The molecule has 1 saturated heterocycles. The number of rotatable bonds is 5. The molecule has 0 spiro atoms. The smallest absolute Gasteiger partial charge is 0.363 e. The normalized spacial score (nSPS) is 16.4. The Labute approximate surface area is 105 Å². The van der Waals surface area contributed by atoms with Gasteiger partial charge in [-0.3, -0.25) is 4.90 Å². The van der Waals surface area contributed by atoms with Gasteiger partial charge >= 0.3 is 5.82 Å². The molecule has 0 unspecified atom stereocenters. The Morgan fingerprint density at radius 2 is 2.22 bits per heavy atom. The summed E-state index contributed by atoms with van der Waals surface area (Å²) in [5.41, 5.74) is 0.815. The van der Waals surface area contributed by atoms with Gasteiger partial charge < -0.3 is 20.7 Å². The predicted octanol–water partition coefficient (Wildman–Crippen LogP) is 0.307. The van der Waals surface area contributed by atoms with Crippen molar-refractivity contribution in [2.45, 2.75) is 0 Å². The van der Waals surface area contributed by atoms with Gasteiger partial charge in [-0.15, -0.1) is 0 Å². The van der Waals surface area contributed by atoms with Crippen molar-refractivity contribution in [3.63, 3.8) is 0 Å². The third-order valence-corrected chi connectivity index (χ3v) is 2.90. The molecule has 1 aliphatic rings. The number of pyridine rings is 1. The van der Waals surface area contributed by atoms with Gasteiger partial charge in [0.1, 0.15) is 0 Å². The number of piperazine rings is 1. The zero-order valence-corrected chi connectivity index (χ0v) is 10.1. The third-order valence-electron chi connectivity index (χ3n) is 2.90. The molecule has 98 valence electrons. The Hall–Kier alpha value is -1.73. The van der Waals surface area contributed by atoms with E-state index in [1.54, 1.807) is 6.07 Å². The molecule has 0 amide bonds. The Balaban J connectivity index is 1.74. The minimum absolute atomic E-state index is 0.123. The van der Waals surface area contributed by atoms with Crippen molar-refractivity contribution in [1.82, 2.24) is 15.2 Å². The zero-order valence-electron chi connectivity index (χ0n) is 10.1. The largest absolute Gasteiger partial charge is 0.381 e. The van der Waals surface area contributed by atoms with E-state index in [0.717, 1.165) is 45.0 Å².